The summed E-state index contributed by atoms with van der Waals surface area (Å²) < 4.78 is 5.84. The molecule has 0 saturated carbocycles. The minimum Gasteiger partial charge on any atom is -0.423 e. The smallest absolute Gasteiger partial charge is 0.423 e. The molecule has 0 amide bonds. The van der Waals surface area contributed by atoms with Crippen LogP contribution in [0.4, 0.5) is 0 Å². The van der Waals surface area contributed by atoms with Crippen LogP contribution in [0, 0.1) is 13.8 Å². The molecule has 0 saturated heterocycles. The van der Waals surface area contributed by atoms with Gasteiger partial charge >= 0.3 is 7.12 Å². The summed E-state index contributed by atoms with van der Waals surface area (Å²) in [7, 11) is -0.799. The third-order valence-electron chi connectivity index (χ3n) is 3.34. The van der Waals surface area contributed by atoms with E-state index in [4.69, 9.17) is 4.65 Å². The van der Waals surface area contributed by atoms with E-state index in [-0.39, 0.29) is 6.10 Å². The zero-order valence-corrected chi connectivity index (χ0v) is 12.8. The zero-order valence-electron chi connectivity index (χ0n) is 12.8. The molecule has 0 aliphatic heterocycles. The fraction of sp³-hybridized carbons (Fsp3) is 0.625. The minimum absolute atomic E-state index is 0.167. The van der Waals surface area contributed by atoms with E-state index < -0.39 is 7.12 Å². The molecule has 1 N–H and O–H groups in total. The van der Waals surface area contributed by atoms with Gasteiger partial charge in [-0.3, -0.25) is 0 Å². The monoisotopic (exact) mass is 262 g/mol. The van der Waals surface area contributed by atoms with E-state index >= 15 is 0 Å². The molecule has 1 unspecified atom stereocenters. The van der Waals surface area contributed by atoms with E-state index in [0.717, 1.165) is 31.1 Å². The average molecular weight is 262 g/mol. The lowest BCUT2D eigenvalue weighted by molar-refractivity contribution is 0.151. The van der Waals surface area contributed by atoms with Crippen molar-refractivity contribution < 1.29 is 9.68 Å². The van der Waals surface area contributed by atoms with Gasteiger partial charge in [0.25, 0.3) is 0 Å². The van der Waals surface area contributed by atoms with Crippen LogP contribution in [-0.2, 0) is 4.65 Å². The van der Waals surface area contributed by atoms with Crippen molar-refractivity contribution in [3.63, 3.8) is 0 Å². The maximum absolute atomic E-state index is 10.2. The first-order chi connectivity index (χ1) is 9.06. The third-order valence-corrected chi connectivity index (χ3v) is 3.34. The van der Waals surface area contributed by atoms with E-state index in [1.807, 2.05) is 26.0 Å². The average Bonchev–Trinajstić information content (AvgIpc) is 2.35. The van der Waals surface area contributed by atoms with Crippen molar-refractivity contribution in [2.24, 2.45) is 0 Å². The molecule has 0 spiro atoms. The Kier molecular flexibility index (Phi) is 7.18. The Hall–Kier alpha value is -0.795. The SMILES string of the molecule is CCCCC(CCC)OB(O)c1cc(C)cc(C)c1. The van der Waals surface area contributed by atoms with Crippen LogP contribution in [0.1, 0.15) is 57.1 Å². The molecule has 0 aliphatic carbocycles. The molecule has 2 nitrogen and oxygen atoms in total. The number of rotatable bonds is 8. The van der Waals surface area contributed by atoms with Crippen LogP contribution in [0.2, 0.25) is 0 Å². The molecule has 1 atom stereocenters. The van der Waals surface area contributed by atoms with Gasteiger partial charge in [0.05, 0.1) is 0 Å². The van der Waals surface area contributed by atoms with Crippen LogP contribution in [0.3, 0.4) is 0 Å². The molecule has 0 bridgehead atoms. The molecule has 1 rings (SSSR count). The summed E-state index contributed by atoms with van der Waals surface area (Å²) in [5.74, 6) is 0. The van der Waals surface area contributed by atoms with Crippen molar-refractivity contribution in [2.75, 3.05) is 0 Å². The van der Waals surface area contributed by atoms with Crippen LogP contribution in [-0.4, -0.2) is 18.2 Å². The molecule has 3 heteroatoms. The number of benzene rings is 1. The van der Waals surface area contributed by atoms with E-state index in [0.29, 0.717) is 0 Å². The standard InChI is InChI=1S/C16H27BO2/c1-5-7-9-16(8-6-2)19-17(18)15-11-13(3)10-14(4)12-15/h10-12,16,18H,5-9H2,1-4H3. The largest absolute Gasteiger partial charge is 0.491 e. The number of hydrogen-bond acceptors (Lipinski definition) is 2. The van der Waals surface area contributed by atoms with Crippen molar-refractivity contribution in [1.29, 1.82) is 0 Å². The Morgan fingerprint density at radius 3 is 2.21 bits per heavy atom. The van der Waals surface area contributed by atoms with Crippen molar-refractivity contribution in [2.45, 2.75) is 65.9 Å². The first kappa shape index (κ1) is 16.3. The van der Waals surface area contributed by atoms with Gasteiger partial charge in [0.15, 0.2) is 0 Å². The Balaban J connectivity index is 2.66. The first-order valence-electron chi connectivity index (χ1n) is 7.48. The summed E-state index contributed by atoms with van der Waals surface area (Å²) >= 11 is 0. The predicted octanol–water partition coefficient (Wildman–Crippen LogP) is 3.37. The van der Waals surface area contributed by atoms with Gasteiger partial charge in [0.1, 0.15) is 0 Å². The maximum Gasteiger partial charge on any atom is 0.491 e. The molecule has 0 fully saturated rings. The molecular formula is C16H27BO2. The molecule has 0 heterocycles. The summed E-state index contributed by atoms with van der Waals surface area (Å²) in [5.41, 5.74) is 3.20. The second-order valence-corrected chi connectivity index (χ2v) is 5.46. The predicted molar refractivity (Wildman–Crippen MR) is 82.8 cm³/mol. The highest BCUT2D eigenvalue weighted by atomic mass is 16.5. The second-order valence-electron chi connectivity index (χ2n) is 5.46. The Labute approximate surface area is 118 Å². The molecule has 0 aromatic heterocycles. The van der Waals surface area contributed by atoms with Crippen LogP contribution in [0.15, 0.2) is 18.2 Å². The number of hydrogen-bond donors (Lipinski definition) is 1. The summed E-state index contributed by atoms with van der Waals surface area (Å²) in [6.07, 6.45) is 5.64. The highest BCUT2D eigenvalue weighted by Crippen LogP contribution is 2.12. The Morgan fingerprint density at radius 1 is 1.05 bits per heavy atom. The van der Waals surface area contributed by atoms with Crippen molar-refractivity contribution in [3.05, 3.63) is 29.3 Å². The van der Waals surface area contributed by atoms with Crippen molar-refractivity contribution in [3.8, 4) is 0 Å². The summed E-state index contributed by atoms with van der Waals surface area (Å²) in [6, 6.07) is 6.11. The summed E-state index contributed by atoms with van der Waals surface area (Å²) in [6.45, 7) is 8.43. The van der Waals surface area contributed by atoms with Gasteiger partial charge in [-0.2, -0.15) is 0 Å². The summed E-state index contributed by atoms with van der Waals surface area (Å²) in [5, 5.41) is 10.2. The molecule has 0 aliphatic rings. The molecule has 0 radical (unpaired) electrons. The minimum atomic E-state index is -0.799. The van der Waals surface area contributed by atoms with Crippen molar-refractivity contribution in [1.82, 2.24) is 0 Å². The van der Waals surface area contributed by atoms with Gasteiger partial charge in [-0.15, -0.1) is 0 Å². The van der Waals surface area contributed by atoms with Crippen LogP contribution in [0.25, 0.3) is 0 Å². The summed E-state index contributed by atoms with van der Waals surface area (Å²) in [4.78, 5) is 0. The lowest BCUT2D eigenvalue weighted by Gasteiger charge is -2.20. The quantitative estimate of drug-likeness (QED) is 0.728. The Morgan fingerprint density at radius 2 is 1.68 bits per heavy atom. The van der Waals surface area contributed by atoms with Gasteiger partial charge in [0, 0.05) is 6.10 Å². The number of unbranched alkanes of at least 4 members (excludes halogenated alkanes) is 1. The van der Waals surface area contributed by atoms with Crippen LogP contribution in [0.5, 0.6) is 0 Å². The number of aryl methyl sites for hydroxylation is 2. The molecular weight excluding hydrogens is 235 g/mol. The van der Waals surface area contributed by atoms with Gasteiger partial charge in [0.2, 0.25) is 0 Å². The van der Waals surface area contributed by atoms with E-state index in [1.165, 1.54) is 17.5 Å². The normalized spacial score (nSPS) is 12.5. The highest BCUT2D eigenvalue weighted by molar-refractivity contribution is 6.60. The lowest BCUT2D eigenvalue weighted by atomic mass is 9.77. The lowest BCUT2D eigenvalue weighted by Crippen LogP contribution is -2.37. The van der Waals surface area contributed by atoms with Crippen LogP contribution < -0.4 is 5.46 Å². The third kappa shape index (κ3) is 5.79. The van der Waals surface area contributed by atoms with Gasteiger partial charge in [-0.25, -0.2) is 0 Å². The van der Waals surface area contributed by atoms with E-state index in [1.54, 1.807) is 0 Å². The van der Waals surface area contributed by atoms with Crippen molar-refractivity contribution >= 4 is 12.6 Å². The van der Waals surface area contributed by atoms with Crippen LogP contribution >= 0.6 is 0 Å². The Bertz CT molecular complexity index is 359. The van der Waals surface area contributed by atoms with Gasteiger partial charge in [-0.1, -0.05) is 62.4 Å². The first-order valence-corrected chi connectivity index (χ1v) is 7.48. The fourth-order valence-corrected chi connectivity index (χ4v) is 2.45. The maximum atomic E-state index is 10.2. The second kappa shape index (κ2) is 8.39. The molecule has 1 aromatic rings. The van der Waals surface area contributed by atoms with Gasteiger partial charge in [-0.05, 0) is 32.2 Å². The molecule has 1 aromatic carbocycles. The fourth-order valence-electron chi connectivity index (χ4n) is 2.45. The highest BCUT2D eigenvalue weighted by Gasteiger charge is 2.21. The molecule has 19 heavy (non-hydrogen) atoms. The van der Waals surface area contributed by atoms with E-state index in [9.17, 15) is 5.02 Å². The zero-order chi connectivity index (χ0) is 14.3. The topological polar surface area (TPSA) is 29.5 Å². The van der Waals surface area contributed by atoms with E-state index in [2.05, 4.69) is 19.9 Å². The van der Waals surface area contributed by atoms with Gasteiger partial charge < -0.3 is 9.68 Å². The molecule has 106 valence electrons.